The van der Waals surface area contributed by atoms with Crippen LogP contribution in [-0.2, 0) is 19.2 Å². The van der Waals surface area contributed by atoms with E-state index in [1.54, 1.807) is 13.0 Å². The molecule has 0 aromatic heterocycles. The van der Waals surface area contributed by atoms with Gasteiger partial charge in [-0.1, -0.05) is 19.4 Å². The molecule has 0 saturated heterocycles. The second-order valence-corrected chi connectivity index (χ2v) is 11.3. The van der Waals surface area contributed by atoms with Gasteiger partial charge in [0.2, 0.25) is 0 Å². The van der Waals surface area contributed by atoms with Gasteiger partial charge in [0.05, 0.1) is 12.5 Å². The lowest BCUT2D eigenvalue weighted by atomic mass is 9.45. The number of allylic oxidation sites excluding steroid dienone is 1. The molecule has 9 heteroatoms. The Labute approximate surface area is 197 Å². The van der Waals surface area contributed by atoms with E-state index in [0.717, 1.165) is 5.57 Å². The van der Waals surface area contributed by atoms with Crippen molar-refractivity contribution in [3.63, 3.8) is 0 Å². The third-order valence-electron chi connectivity index (χ3n) is 9.82. The van der Waals surface area contributed by atoms with E-state index in [1.807, 2.05) is 0 Å². The lowest BCUT2D eigenvalue weighted by molar-refractivity contribution is -0.189. The van der Waals surface area contributed by atoms with E-state index >= 15 is 0 Å². The molecule has 4 rings (SSSR count). The summed E-state index contributed by atoms with van der Waals surface area (Å²) in [6, 6.07) is 0. The van der Waals surface area contributed by atoms with Crippen molar-refractivity contribution in [2.75, 3.05) is 0 Å². The van der Waals surface area contributed by atoms with Crippen molar-refractivity contribution < 1.29 is 44.7 Å². The van der Waals surface area contributed by atoms with Gasteiger partial charge in [-0.2, -0.15) is 0 Å². The molecular weight excluding hydrogens is 444 g/mol. The Morgan fingerprint density at radius 3 is 2.41 bits per heavy atom. The molecule has 0 spiro atoms. The van der Waals surface area contributed by atoms with Gasteiger partial charge >= 0.3 is 11.9 Å². The number of aliphatic carboxylic acids is 2. The van der Waals surface area contributed by atoms with Crippen molar-refractivity contribution >= 4 is 23.5 Å². The van der Waals surface area contributed by atoms with Gasteiger partial charge in [0, 0.05) is 11.8 Å². The zero-order valence-electron chi connectivity index (χ0n) is 19.6. The average Bonchev–Trinajstić information content (AvgIpc) is 3.02. The van der Waals surface area contributed by atoms with Crippen molar-refractivity contribution in [1.82, 2.24) is 0 Å². The third kappa shape index (κ3) is 3.46. The molecule has 0 bridgehead atoms. The molecule has 0 aromatic rings. The predicted octanol–water partition coefficient (Wildman–Crippen LogP) is 1.33. The normalized spacial score (nSPS) is 43.1. The molecule has 0 heterocycles. The number of aliphatic hydroxyl groups is 3. The number of ketones is 2. The van der Waals surface area contributed by atoms with Crippen molar-refractivity contribution in [3.05, 3.63) is 11.6 Å². The summed E-state index contributed by atoms with van der Waals surface area (Å²) in [7, 11) is 0. The zero-order chi connectivity index (χ0) is 25.2. The van der Waals surface area contributed by atoms with Gasteiger partial charge in [0.15, 0.2) is 11.6 Å². The lowest BCUT2D eigenvalue weighted by Gasteiger charge is -2.60. The lowest BCUT2D eigenvalue weighted by Crippen LogP contribution is -2.63. The van der Waals surface area contributed by atoms with Gasteiger partial charge in [-0.15, -0.1) is 0 Å². The van der Waals surface area contributed by atoms with Crippen LogP contribution < -0.4 is 0 Å². The summed E-state index contributed by atoms with van der Waals surface area (Å²) in [6.07, 6.45) is 0.824. The Balaban J connectivity index is 1.66. The quantitative estimate of drug-likeness (QED) is 0.378. The number of hydrogen-bond acceptors (Lipinski definition) is 7. The highest BCUT2D eigenvalue weighted by Gasteiger charge is 2.69. The molecule has 3 fully saturated rings. The van der Waals surface area contributed by atoms with Crippen molar-refractivity contribution in [1.29, 1.82) is 0 Å². The number of Topliss-reactive ketones (excluding diaryl/α,β-unsaturated/α-hetero) is 1. The highest BCUT2D eigenvalue weighted by Crippen LogP contribution is 2.67. The number of fused-ring (bicyclic) bond motifs is 5. The Bertz CT molecular complexity index is 956. The van der Waals surface area contributed by atoms with Crippen LogP contribution in [0.25, 0.3) is 0 Å². The minimum atomic E-state index is -2.17. The zero-order valence-corrected chi connectivity index (χ0v) is 19.6. The van der Waals surface area contributed by atoms with Gasteiger partial charge in [-0.05, 0) is 67.8 Å². The van der Waals surface area contributed by atoms with Crippen LogP contribution in [0.3, 0.4) is 0 Å². The summed E-state index contributed by atoms with van der Waals surface area (Å²) < 4.78 is 0. The maximum Gasteiger partial charge on any atom is 0.310 e. The molecule has 4 aliphatic carbocycles. The molecular formula is C25H34O9. The fourth-order valence-electron chi connectivity index (χ4n) is 8.05. The number of carbonyl (C=O) groups excluding carboxylic acids is 2. The molecule has 188 valence electrons. The summed E-state index contributed by atoms with van der Waals surface area (Å²) in [5, 5.41) is 52.1. The number of carbonyl (C=O) groups is 4. The van der Waals surface area contributed by atoms with E-state index in [2.05, 4.69) is 6.92 Å². The smallest absolute Gasteiger partial charge is 0.310 e. The van der Waals surface area contributed by atoms with Gasteiger partial charge in [0.25, 0.3) is 0 Å². The molecule has 0 amide bonds. The molecule has 5 N–H and O–H groups in total. The van der Waals surface area contributed by atoms with Crippen LogP contribution in [0.4, 0.5) is 0 Å². The number of carboxylic acids is 2. The summed E-state index contributed by atoms with van der Waals surface area (Å²) in [4.78, 5) is 48.0. The highest BCUT2D eigenvalue weighted by atomic mass is 16.4. The Kier molecular flexibility index (Phi) is 6.06. The van der Waals surface area contributed by atoms with Crippen LogP contribution in [0, 0.1) is 34.5 Å². The minimum absolute atomic E-state index is 0.00244. The largest absolute Gasteiger partial charge is 0.481 e. The first-order valence-corrected chi connectivity index (χ1v) is 12.1. The predicted molar refractivity (Wildman–Crippen MR) is 117 cm³/mol. The number of rotatable bonds is 6. The molecule has 34 heavy (non-hydrogen) atoms. The maximum atomic E-state index is 13.4. The molecule has 3 unspecified atom stereocenters. The van der Waals surface area contributed by atoms with Crippen LogP contribution >= 0.6 is 0 Å². The van der Waals surface area contributed by atoms with E-state index < -0.39 is 53.3 Å². The SMILES string of the molecule is C[C@]12CCC(=O)C=C1CC[C@@H]1[C@@H]2C(O)C[C@@]2(C)[C@H]1CC[C@]2(O)C(=O)C(O)C(CC(=O)O)C(=O)O. The standard InChI is InChI=1S/C25H34O9/c1-23-7-5-13(26)9-12(23)3-4-14-16-6-8-25(34,24(16,2)11-17(27)19(14)23)21(31)20(30)15(22(32)33)10-18(28)29/h9,14-17,19-20,27,30,34H,3-8,10-11H2,1-2H3,(H,28,29)(H,32,33)/t14-,15?,16-,17?,19+,20?,23-,24-,25-/m0/s1. The highest BCUT2D eigenvalue weighted by molar-refractivity contribution is 5.96. The van der Waals surface area contributed by atoms with Gasteiger partial charge in [-0.25, -0.2) is 0 Å². The van der Waals surface area contributed by atoms with E-state index in [9.17, 15) is 39.6 Å². The molecule has 9 atom stereocenters. The Hall–Kier alpha value is -2.10. The van der Waals surface area contributed by atoms with Crippen molar-refractivity contribution in [2.45, 2.75) is 83.0 Å². The Morgan fingerprint density at radius 1 is 1.12 bits per heavy atom. The second-order valence-electron chi connectivity index (χ2n) is 11.3. The number of hydrogen-bond donors (Lipinski definition) is 5. The monoisotopic (exact) mass is 478 g/mol. The van der Waals surface area contributed by atoms with Crippen LogP contribution in [0.5, 0.6) is 0 Å². The minimum Gasteiger partial charge on any atom is -0.481 e. The molecule has 9 nitrogen and oxygen atoms in total. The first-order valence-electron chi connectivity index (χ1n) is 12.1. The average molecular weight is 479 g/mol. The van der Waals surface area contributed by atoms with E-state index in [4.69, 9.17) is 5.11 Å². The first kappa shape index (κ1) is 25.0. The molecule has 0 radical (unpaired) electrons. The molecule has 4 aliphatic rings. The van der Waals surface area contributed by atoms with Crippen LogP contribution in [0.15, 0.2) is 11.6 Å². The Morgan fingerprint density at radius 2 is 1.79 bits per heavy atom. The summed E-state index contributed by atoms with van der Waals surface area (Å²) >= 11 is 0. The third-order valence-corrected chi connectivity index (χ3v) is 9.82. The van der Waals surface area contributed by atoms with E-state index in [-0.39, 0.29) is 41.8 Å². The summed E-state index contributed by atoms with van der Waals surface area (Å²) in [5.41, 5.74) is -2.45. The molecule has 3 saturated carbocycles. The van der Waals surface area contributed by atoms with E-state index in [0.29, 0.717) is 32.1 Å². The fourth-order valence-corrected chi connectivity index (χ4v) is 8.05. The fraction of sp³-hybridized carbons (Fsp3) is 0.760. The number of aliphatic hydroxyl groups excluding tert-OH is 2. The molecule has 0 aromatic carbocycles. The van der Waals surface area contributed by atoms with Gasteiger partial charge < -0.3 is 25.5 Å². The van der Waals surface area contributed by atoms with Gasteiger partial charge in [-0.3, -0.25) is 19.2 Å². The van der Waals surface area contributed by atoms with Crippen molar-refractivity contribution in [2.24, 2.45) is 34.5 Å². The number of carboxylic acid groups (broad SMARTS) is 2. The van der Waals surface area contributed by atoms with Crippen LogP contribution in [-0.4, -0.2) is 66.8 Å². The van der Waals surface area contributed by atoms with Crippen LogP contribution in [0.1, 0.15) is 65.2 Å². The van der Waals surface area contributed by atoms with Crippen LogP contribution in [0.2, 0.25) is 0 Å². The molecule has 0 aliphatic heterocycles. The summed E-state index contributed by atoms with van der Waals surface area (Å²) in [6.45, 7) is 3.81. The van der Waals surface area contributed by atoms with Gasteiger partial charge in [0.1, 0.15) is 17.6 Å². The topological polar surface area (TPSA) is 169 Å². The summed E-state index contributed by atoms with van der Waals surface area (Å²) in [5.74, 6) is -6.21. The second kappa shape index (κ2) is 8.24. The van der Waals surface area contributed by atoms with E-state index in [1.165, 1.54) is 0 Å². The van der Waals surface area contributed by atoms with Crippen molar-refractivity contribution in [3.8, 4) is 0 Å². The first-order chi connectivity index (χ1) is 15.8. The maximum absolute atomic E-state index is 13.4.